The van der Waals surface area contributed by atoms with Crippen LogP contribution >= 0.6 is 0 Å². The maximum absolute atomic E-state index is 6.35. The summed E-state index contributed by atoms with van der Waals surface area (Å²) in [5, 5.41) is 0. The normalized spacial score (nSPS) is 25.6. The van der Waals surface area contributed by atoms with E-state index in [9.17, 15) is 0 Å². The van der Waals surface area contributed by atoms with Crippen molar-refractivity contribution < 1.29 is 16.5 Å². The second-order valence-corrected chi connectivity index (χ2v) is 25.6. The van der Waals surface area contributed by atoms with Crippen LogP contribution in [0, 0.1) is 0 Å². The van der Waals surface area contributed by atoms with Crippen LogP contribution in [0.2, 0.25) is 64.6 Å². The predicted octanol–water partition coefficient (Wildman–Crippen LogP) is 3.27. The van der Waals surface area contributed by atoms with Crippen LogP contribution in [0.5, 0.6) is 0 Å². The van der Waals surface area contributed by atoms with Gasteiger partial charge in [-0.25, -0.2) is 0 Å². The first-order chi connectivity index (χ1) is 8.24. The summed E-state index contributed by atoms with van der Waals surface area (Å²) >= 11 is 0. The smallest absolute Gasteiger partial charge is 0.316 e. The molecule has 0 amide bonds. The van der Waals surface area contributed by atoms with Crippen LogP contribution in [0.1, 0.15) is 0 Å². The zero-order chi connectivity index (χ0) is 15.1. The lowest BCUT2D eigenvalue weighted by molar-refractivity contribution is 0.235. The first-order valence-corrected chi connectivity index (χ1v) is 21.1. The second-order valence-electron chi connectivity index (χ2n) is 7.34. The molecule has 0 aromatic carbocycles. The molecule has 1 rings (SSSR count). The zero-order valence-corrected chi connectivity index (χ0v) is 19.1. The van der Waals surface area contributed by atoms with Gasteiger partial charge in [-0.15, -0.1) is 0 Å². The van der Waals surface area contributed by atoms with E-state index in [4.69, 9.17) is 16.5 Å². The Labute approximate surface area is 124 Å². The van der Waals surface area contributed by atoms with Crippen molar-refractivity contribution in [2.45, 2.75) is 64.6 Å². The van der Waals surface area contributed by atoms with E-state index in [1.165, 1.54) is 0 Å². The maximum Gasteiger partial charge on any atom is 0.316 e. The highest BCUT2D eigenvalue weighted by atomic mass is 28.5. The van der Waals surface area contributed by atoms with Crippen molar-refractivity contribution in [1.82, 2.24) is 0 Å². The third-order valence-electron chi connectivity index (χ3n) is 2.72. The standard InChI is InChI=1S/C10H30O4Si5/c1-15(2)11-16(3,4)10-19(9)13-17(5,6)12-18(7,8)14-19/h15H,10H2,1-9H3. The molecule has 1 heterocycles. The molecule has 0 aromatic heterocycles. The van der Waals surface area contributed by atoms with Crippen molar-refractivity contribution in [3.05, 3.63) is 0 Å². The summed E-state index contributed by atoms with van der Waals surface area (Å²) in [6.07, 6.45) is 0. The molecule has 0 N–H and O–H groups in total. The first kappa shape index (κ1) is 18.0. The minimum absolute atomic E-state index is 1.000. The van der Waals surface area contributed by atoms with E-state index in [1.807, 2.05) is 0 Å². The zero-order valence-electron chi connectivity index (χ0n) is 13.9. The van der Waals surface area contributed by atoms with E-state index in [1.54, 1.807) is 0 Å². The topological polar surface area (TPSA) is 36.9 Å². The van der Waals surface area contributed by atoms with E-state index in [-0.39, 0.29) is 0 Å². The third kappa shape index (κ3) is 6.05. The molecule has 1 fully saturated rings. The minimum Gasteiger partial charge on any atom is -0.458 e. The first-order valence-electron chi connectivity index (χ1n) is 7.03. The van der Waals surface area contributed by atoms with Crippen molar-refractivity contribution in [2.24, 2.45) is 0 Å². The molecule has 0 saturated carbocycles. The Hall–Kier alpha value is 0.924. The molecule has 0 spiro atoms. The summed E-state index contributed by atoms with van der Waals surface area (Å²) in [5.74, 6) is 0. The van der Waals surface area contributed by atoms with Crippen LogP contribution < -0.4 is 0 Å². The summed E-state index contributed by atoms with van der Waals surface area (Å²) in [5.41, 5.74) is 1.02. The lowest BCUT2D eigenvalue weighted by Gasteiger charge is -2.49. The second kappa shape index (κ2) is 5.61. The van der Waals surface area contributed by atoms with E-state index in [2.05, 4.69) is 58.9 Å². The van der Waals surface area contributed by atoms with Crippen molar-refractivity contribution >= 4 is 43.0 Å². The van der Waals surface area contributed by atoms with Gasteiger partial charge in [0.1, 0.15) is 0 Å². The lowest BCUT2D eigenvalue weighted by atomic mass is 11.8. The van der Waals surface area contributed by atoms with Gasteiger partial charge in [0.2, 0.25) is 0 Å². The fourth-order valence-electron chi connectivity index (χ4n) is 3.22. The van der Waals surface area contributed by atoms with Gasteiger partial charge in [-0.1, -0.05) is 0 Å². The Morgan fingerprint density at radius 2 is 1.32 bits per heavy atom. The number of rotatable bonds is 4. The Bertz CT molecular complexity index is 316. The van der Waals surface area contributed by atoms with Gasteiger partial charge in [0.25, 0.3) is 0 Å². The largest absolute Gasteiger partial charge is 0.458 e. The summed E-state index contributed by atoms with van der Waals surface area (Å²) in [7, 11) is -8.89. The van der Waals surface area contributed by atoms with Gasteiger partial charge in [0.05, 0.1) is 0 Å². The number of hydrogen-bond donors (Lipinski definition) is 0. The van der Waals surface area contributed by atoms with Gasteiger partial charge >= 0.3 is 25.7 Å². The quantitative estimate of drug-likeness (QED) is 0.726. The van der Waals surface area contributed by atoms with Crippen molar-refractivity contribution in [1.29, 1.82) is 0 Å². The van der Waals surface area contributed by atoms with Crippen LogP contribution in [-0.4, -0.2) is 43.0 Å². The highest BCUT2D eigenvalue weighted by Gasteiger charge is 2.54. The highest BCUT2D eigenvalue weighted by molar-refractivity contribution is 6.98. The van der Waals surface area contributed by atoms with Crippen LogP contribution in [0.4, 0.5) is 0 Å². The van der Waals surface area contributed by atoms with Crippen LogP contribution in [0.25, 0.3) is 0 Å². The van der Waals surface area contributed by atoms with Crippen molar-refractivity contribution in [3.63, 3.8) is 0 Å². The fourth-order valence-corrected chi connectivity index (χ4v) is 32.1. The van der Waals surface area contributed by atoms with Gasteiger partial charge in [-0.05, 0) is 58.9 Å². The number of hydrogen-bond acceptors (Lipinski definition) is 4. The van der Waals surface area contributed by atoms with E-state index in [0.717, 1.165) is 5.67 Å². The average Bonchev–Trinajstić information content (AvgIpc) is 1.87. The Balaban J connectivity index is 2.85. The molecule has 1 saturated heterocycles. The van der Waals surface area contributed by atoms with Gasteiger partial charge in [0.15, 0.2) is 17.4 Å². The molecular formula is C10H30O4Si5. The molecule has 0 bridgehead atoms. The van der Waals surface area contributed by atoms with Gasteiger partial charge in [0, 0.05) is 5.67 Å². The summed E-state index contributed by atoms with van der Waals surface area (Å²) in [4.78, 5) is 0. The average molecular weight is 355 g/mol. The minimum atomic E-state index is -2.15. The third-order valence-corrected chi connectivity index (χ3v) is 24.4. The molecule has 114 valence electrons. The van der Waals surface area contributed by atoms with Gasteiger partial charge in [-0.3, -0.25) is 0 Å². The van der Waals surface area contributed by atoms with E-state index in [0.29, 0.717) is 0 Å². The predicted molar refractivity (Wildman–Crippen MR) is 92.1 cm³/mol. The van der Waals surface area contributed by atoms with E-state index < -0.39 is 43.0 Å². The highest BCUT2D eigenvalue weighted by Crippen LogP contribution is 2.35. The summed E-state index contributed by atoms with van der Waals surface area (Å²) in [6.45, 7) is 19.8. The van der Waals surface area contributed by atoms with Crippen LogP contribution in [0.15, 0.2) is 0 Å². The molecule has 0 atom stereocenters. The monoisotopic (exact) mass is 354 g/mol. The maximum atomic E-state index is 6.35. The molecule has 4 nitrogen and oxygen atoms in total. The molecule has 19 heavy (non-hydrogen) atoms. The van der Waals surface area contributed by atoms with E-state index >= 15 is 0 Å². The van der Waals surface area contributed by atoms with Crippen molar-refractivity contribution in [3.8, 4) is 0 Å². The van der Waals surface area contributed by atoms with Crippen LogP contribution in [0.3, 0.4) is 0 Å². The molecular weight excluding hydrogens is 325 g/mol. The molecule has 0 radical (unpaired) electrons. The molecule has 0 aliphatic carbocycles. The molecule has 1 aliphatic rings. The summed E-state index contributed by atoms with van der Waals surface area (Å²) in [6, 6.07) is 0. The fraction of sp³-hybridized carbons (Fsp3) is 1.00. The SMILES string of the molecule is C[SiH](C)O[Si](C)(C)C[Si]1(C)O[Si](C)(C)O[Si](C)(C)O1. The molecule has 0 unspecified atom stereocenters. The van der Waals surface area contributed by atoms with Gasteiger partial charge in [-0.2, -0.15) is 0 Å². The van der Waals surface area contributed by atoms with Crippen molar-refractivity contribution in [2.75, 3.05) is 0 Å². The van der Waals surface area contributed by atoms with Crippen LogP contribution in [-0.2, 0) is 16.5 Å². The molecule has 1 aliphatic heterocycles. The molecule has 9 heteroatoms. The molecule has 0 aromatic rings. The Morgan fingerprint density at radius 1 is 0.895 bits per heavy atom. The van der Waals surface area contributed by atoms with Gasteiger partial charge < -0.3 is 16.5 Å². The Morgan fingerprint density at radius 3 is 1.68 bits per heavy atom. The Kier molecular flexibility index (Phi) is 5.31. The summed E-state index contributed by atoms with van der Waals surface area (Å²) < 4.78 is 25.1. The lowest BCUT2D eigenvalue weighted by Crippen LogP contribution is -2.67.